The van der Waals surface area contributed by atoms with E-state index in [0.717, 1.165) is 32.4 Å². The van der Waals surface area contributed by atoms with Gasteiger partial charge in [0.15, 0.2) is 0 Å². The number of rotatable bonds is 3. The predicted octanol–water partition coefficient (Wildman–Crippen LogP) is 3.84. The fraction of sp³-hybridized carbons (Fsp3) is 0.667. The first-order valence-corrected chi connectivity index (χ1v) is 12.2. The zero-order chi connectivity index (χ0) is 22.5. The van der Waals surface area contributed by atoms with Crippen molar-refractivity contribution in [2.24, 2.45) is 0 Å². The monoisotopic (exact) mass is 485 g/mol. The van der Waals surface area contributed by atoms with Crippen molar-refractivity contribution in [2.75, 3.05) is 19.7 Å². The molecule has 0 aromatic carbocycles. The van der Waals surface area contributed by atoms with Crippen LogP contribution in [0.3, 0.4) is 0 Å². The zero-order valence-corrected chi connectivity index (χ0v) is 19.4. The van der Waals surface area contributed by atoms with Crippen molar-refractivity contribution in [2.45, 2.75) is 69.2 Å². The van der Waals surface area contributed by atoms with Gasteiger partial charge in [-0.3, -0.25) is 4.79 Å². The molecule has 3 atom stereocenters. The number of hydrogen-bond acceptors (Lipinski definition) is 6. The normalized spacial score (nSPS) is 29.8. The first kappa shape index (κ1) is 22.2. The van der Waals surface area contributed by atoms with Gasteiger partial charge >= 0.3 is 0 Å². The molecule has 7 nitrogen and oxygen atoms in total. The highest BCUT2D eigenvalue weighted by Gasteiger charge is 2.53. The van der Waals surface area contributed by atoms with Crippen molar-refractivity contribution in [3.8, 4) is 0 Å². The highest BCUT2D eigenvalue weighted by atomic mass is 35.5. The van der Waals surface area contributed by atoms with Crippen molar-refractivity contribution in [1.82, 2.24) is 25.2 Å². The van der Waals surface area contributed by atoms with Gasteiger partial charge in [-0.25, -0.2) is 4.68 Å². The number of carbonyl (C=O) groups excluding carboxylic acids is 1. The summed E-state index contributed by atoms with van der Waals surface area (Å²) in [4.78, 5) is 14.9. The number of piperidine rings is 2. The Morgan fingerprint density at radius 2 is 2.12 bits per heavy atom. The lowest BCUT2D eigenvalue weighted by Crippen LogP contribution is -2.51. The quantitative estimate of drug-likeness (QED) is 0.715. The maximum Gasteiger partial charge on any atom is 0.297 e. The van der Waals surface area contributed by atoms with Crippen LogP contribution in [0.5, 0.6) is 0 Å². The molecule has 0 aliphatic carbocycles. The Bertz CT molecular complexity index is 1010. The van der Waals surface area contributed by atoms with Crippen LogP contribution in [0.15, 0.2) is 12.3 Å². The van der Waals surface area contributed by atoms with Crippen LogP contribution in [0, 0.1) is 0 Å². The zero-order valence-electron chi connectivity index (χ0n) is 17.8. The van der Waals surface area contributed by atoms with E-state index in [9.17, 15) is 13.6 Å². The summed E-state index contributed by atoms with van der Waals surface area (Å²) in [5.41, 5.74) is -0.202. The number of halogens is 3. The molecule has 5 heterocycles. The Kier molecular flexibility index (Phi) is 5.76. The Labute approximate surface area is 194 Å². The van der Waals surface area contributed by atoms with E-state index < -0.39 is 18.1 Å². The first-order valence-electron chi connectivity index (χ1n) is 11.0. The van der Waals surface area contributed by atoms with E-state index in [1.165, 1.54) is 17.4 Å². The van der Waals surface area contributed by atoms with Gasteiger partial charge < -0.3 is 15.0 Å². The van der Waals surface area contributed by atoms with E-state index in [1.54, 1.807) is 10.9 Å². The van der Waals surface area contributed by atoms with Crippen molar-refractivity contribution in [3.63, 3.8) is 0 Å². The summed E-state index contributed by atoms with van der Waals surface area (Å²) in [6.07, 6.45) is 6.00. The summed E-state index contributed by atoms with van der Waals surface area (Å²) in [6.45, 7) is 3.07. The largest absolute Gasteiger partial charge is 0.363 e. The summed E-state index contributed by atoms with van der Waals surface area (Å²) in [5, 5.41) is 11.9. The van der Waals surface area contributed by atoms with Crippen LogP contribution in [-0.4, -0.2) is 51.5 Å². The highest BCUT2D eigenvalue weighted by Crippen LogP contribution is 2.54. The smallest absolute Gasteiger partial charge is 0.297 e. The number of thiophene rings is 1. The predicted molar refractivity (Wildman–Crippen MR) is 116 cm³/mol. The van der Waals surface area contributed by atoms with Crippen LogP contribution in [-0.2, 0) is 27.6 Å². The molecule has 2 saturated heterocycles. The van der Waals surface area contributed by atoms with Crippen LogP contribution in [0.4, 0.5) is 8.78 Å². The number of aromatic nitrogens is 3. The molecule has 1 spiro atoms. The van der Waals surface area contributed by atoms with Crippen molar-refractivity contribution >= 4 is 28.8 Å². The number of fused-ring (bicyclic) bond motifs is 2. The Morgan fingerprint density at radius 1 is 1.34 bits per heavy atom. The van der Waals surface area contributed by atoms with Gasteiger partial charge in [0.05, 0.1) is 22.3 Å². The van der Waals surface area contributed by atoms with Gasteiger partial charge in [0, 0.05) is 36.0 Å². The fourth-order valence-corrected chi connectivity index (χ4v) is 6.58. The number of carbonyl (C=O) groups is 1. The average molecular weight is 486 g/mol. The molecule has 0 saturated carbocycles. The lowest BCUT2D eigenvalue weighted by Gasteiger charge is -2.47. The molecule has 2 aromatic rings. The van der Waals surface area contributed by atoms with Gasteiger partial charge in [0.25, 0.3) is 5.92 Å². The Balaban J connectivity index is 1.36. The molecule has 0 radical (unpaired) electrons. The molecule has 174 valence electrons. The molecule has 3 aliphatic rings. The number of ether oxygens (including phenoxy) is 1. The summed E-state index contributed by atoms with van der Waals surface area (Å²) < 4.78 is 36.8. The van der Waals surface area contributed by atoms with E-state index in [4.69, 9.17) is 16.3 Å². The number of nitrogens with one attached hydrogen (secondary N) is 1. The fourth-order valence-electron chi connectivity index (χ4n) is 5.14. The second-order valence-electron chi connectivity index (χ2n) is 9.09. The lowest BCUT2D eigenvalue weighted by molar-refractivity contribution is -0.183. The van der Waals surface area contributed by atoms with Crippen LogP contribution >= 0.6 is 22.9 Å². The molecule has 0 unspecified atom stereocenters. The average Bonchev–Trinajstić information content (AvgIpc) is 3.39. The van der Waals surface area contributed by atoms with Gasteiger partial charge in [-0.05, 0) is 38.7 Å². The maximum absolute atomic E-state index is 14.5. The van der Waals surface area contributed by atoms with Gasteiger partial charge in [-0.1, -0.05) is 16.8 Å². The molecule has 2 fully saturated rings. The number of alkyl halides is 2. The Morgan fingerprint density at radius 3 is 2.91 bits per heavy atom. The van der Waals surface area contributed by atoms with Crippen molar-refractivity contribution < 1.29 is 18.3 Å². The minimum absolute atomic E-state index is 0.00864. The number of likely N-dealkylation sites (tertiary alicyclic amines) is 1. The van der Waals surface area contributed by atoms with Gasteiger partial charge in [0.2, 0.25) is 5.91 Å². The van der Waals surface area contributed by atoms with Crippen LogP contribution < -0.4 is 5.32 Å². The summed E-state index contributed by atoms with van der Waals surface area (Å²) in [5.74, 6) is -3.01. The second-order valence-corrected chi connectivity index (χ2v) is 10.8. The third-order valence-corrected chi connectivity index (χ3v) is 8.06. The standard InChI is InChI=1S/C21H26ClF2N5O2S/c1-13-8-20(19-14(7-17(22)32-19)21(23,24)12-31-20)9-15(25-13)16-10-29(27-26-16)11-18(30)28-5-3-2-4-6-28/h7,10,13,15,25H,2-6,8-9,11-12H2,1H3/t13-,15-,20-/m0/s1. The summed E-state index contributed by atoms with van der Waals surface area (Å²) >= 11 is 7.31. The molecule has 2 aromatic heterocycles. The van der Waals surface area contributed by atoms with Crippen LogP contribution in [0.1, 0.15) is 61.2 Å². The number of nitrogens with zero attached hydrogens (tertiary/aromatic N) is 4. The molecule has 1 amide bonds. The second kappa shape index (κ2) is 8.30. The van der Waals surface area contributed by atoms with Gasteiger partial charge in [-0.15, -0.1) is 16.4 Å². The SMILES string of the molecule is C[C@H]1C[C@@]2(C[C@@H](c3cn(CC(=O)N4CCCCC4)nn3)N1)OCC(F)(F)c1cc(Cl)sc12. The van der Waals surface area contributed by atoms with Crippen molar-refractivity contribution in [3.05, 3.63) is 32.7 Å². The highest BCUT2D eigenvalue weighted by molar-refractivity contribution is 7.16. The van der Waals surface area contributed by atoms with E-state index in [2.05, 4.69) is 15.6 Å². The topological polar surface area (TPSA) is 72.3 Å². The van der Waals surface area contributed by atoms with E-state index in [0.29, 0.717) is 27.7 Å². The number of amides is 1. The Hall–Kier alpha value is -1.62. The third-order valence-electron chi connectivity index (χ3n) is 6.61. The van der Waals surface area contributed by atoms with E-state index in [-0.39, 0.29) is 30.1 Å². The van der Waals surface area contributed by atoms with Crippen LogP contribution in [0.25, 0.3) is 0 Å². The molecule has 11 heteroatoms. The minimum Gasteiger partial charge on any atom is -0.363 e. The molecular weight excluding hydrogens is 460 g/mol. The van der Waals surface area contributed by atoms with Gasteiger partial charge in [-0.2, -0.15) is 8.78 Å². The van der Waals surface area contributed by atoms with Crippen LogP contribution in [0.2, 0.25) is 4.34 Å². The summed E-state index contributed by atoms with van der Waals surface area (Å²) in [7, 11) is 0. The summed E-state index contributed by atoms with van der Waals surface area (Å²) in [6, 6.07) is 1.14. The number of hydrogen-bond donors (Lipinski definition) is 1. The van der Waals surface area contributed by atoms with E-state index >= 15 is 0 Å². The molecule has 0 bridgehead atoms. The molecule has 3 aliphatic heterocycles. The van der Waals surface area contributed by atoms with Crippen molar-refractivity contribution in [1.29, 1.82) is 0 Å². The molecule has 1 N–H and O–H groups in total. The third kappa shape index (κ3) is 4.06. The minimum atomic E-state index is -3.05. The first-order chi connectivity index (χ1) is 15.3. The molecule has 5 rings (SSSR count). The molecule has 32 heavy (non-hydrogen) atoms. The van der Waals surface area contributed by atoms with Gasteiger partial charge in [0.1, 0.15) is 18.8 Å². The van der Waals surface area contributed by atoms with E-state index in [1.807, 2.05) is 11.8 Å². The molecular formula is C21H26ClF2N5O2S. The maximum atomic E-state index is 14.5. The lowest BCUT2D eigenvalue weighted by atomic mass is 9.78.